The Labute approximate surface area is 184 Å². The quantitative estimate of drug-likeness (QED) is 0.447. The molecule has 0 aromatic heterocycles. The molecule has 8 heteroatoms. The number of aliphatic imine (C=N–C) groups is 1. The third-order valence-electron chi connectivity index (χ3n) is 4.46. The van der Waals surface area contributed by atoms with Crippen LogP contribution in [0.2, 0.25) is 0 Å². The van der Waals surface area contributed by atoms with Crippen LogP contribution in [0.4, 0.5) is 0 Å². The second kappa shape index (κ2) is 12.3. The van der Waals surface area contributed by atoms with Crippen molar-refractivity contribution >= 4 is 11.9 Å². The Morgan fingerprint density at radius 2 is 1.84 bits per heavy atom. The van der Waals surface area contributed by atoms with Crippen molar-refractivity contribution < 1.29 is 19.0 Å². The first-order valence-corrected chi connectivity index (χ1v) is 10.1. The average molecular weight is 429 g/mol. The van der Waals surface area contributed by atoms with Gasteiger partial charge in [0.1, 0.15) is 17.2 Å². The predicted molar refractivity (Wildman–Crippen MR) is 122 cm³/mol. The van der Waals surface area contributed by atoms with Gasteiger partial charge in [0.05, 0.1) is 20.8 Å². The third-order valence-corrected chi connectivity index (χ3v) is 4.46. The molecular formula is C23H32N4O4. The highest BCUT2D eigenvalue weighted by molar-refractivity contribution is 5.79. The monoisotopic (exact) mass is 428 g/mol. The Morgan fingerprint density at radius 1 is 1.03 bits per heavy atom. The van der Waals surface area contributed by atoms with Crippen molar-refractivity contribution in [1.29, 1.82) is 0 Å². The molecule has 1 amide bonds. The van der Waals surface area contributed by atoms with E-state index in [2.05, 4.69) is 15.6 Å². The Kier molecular flexibility index (Phi) is 9.48. The van der Waals surface area contributed by atoms with Crippen LogP contribution in [0.15, 0.2) is 47.5 Å². The van der Waals surface area contributed by atoms with Crippen molar-refractivity contribution in [1.82, 2.24) is 15.5 Å². The smallest absolute Gasteiger partial charge is 0.259 e. The van der Waals surface area contributed by atoms with Gasteiger partial charge in [0.15, 0.2) is 12.6 Å². The van der Waals surface area contributed by atoms with Gasteiger partial charge < -0.3 is 29.7 Å². The number of nitrogens with zero attached hydrogens (tertiary/aromatic N) is 2. The van der Waals surface area contributed by atoms with E-state index < -0.39 is 0 Å². The molecule has 0 spiro atoms. The predicted octanol–water partition coefficient (Wildman–Crippen LogP) is 2.43. The molecule has 0 heterocycles. The van der Waals surface area contributed by atoms with E-state index in [1.165, 1.54) is 4.90 Å². The minimum atomic E-state index is -0.0870. The first kappa shape index (κ1) is 23.9. The molecule has 0 saturated carbocycles. The first-order chi connectivity index (χ1) is 15.0. The zero-order valence-corrected chi connectivity index (χ0v) is 18.9. The zero-order chi connectivity index (χ0) is 22.6. The first-order valence-electron chi connectivity index (χ1n) is 10.1. The van der Waals surface area contributed by atoms with Gasteiger partial charge in [0.2, 0.25) is 0 Å². The van der Waals surface area contributed by atoms with Gasteiger partial charge in [-0.2, -0.15) is 0 Å². The molecule has 0 radical (unpaired) electrons. The number of carbonyl (C=O) groups excluding carboxylic acids is 1. The van der Waals surface area contributed by atoms with E-state index in [0.29, 0.717) is 24.8 Å². The van der Waals surface area contributed by atoms with Crippen molar-refractivity contribution in [3.63, 3.8) is 0 Å². The van der Waals surface area contributed by atoms with Crippen molar-refractivity contribution in [2.75, 3.05) is 41.5 Å². The summed E-state index contributed by atoms with van der Waals surface area (Å²) in [6, 6.07) is 13.3. The average Bonchev–Trinajstić information content (AvgIpc) is 2.79. The highest BCUT2D eigenvalue weighted by Crippen LogP contribution is 2.24. The summed E-state index contributed by atoms with van der Waals surface area (Å²) in [5.74, 6) is 2.74. The molecule has 0 saturated heterocycles. The maximum Gasteiger partial charge on any atom is 0.259 e. The van der Waals surface area contributed by atoms with Gasteiger partial charge in [-0.25, -0.2) is 4.99 Å². The number of guanidine groups is 1. The number of hydrogen-bond donors (Lipinski definition) is 2. The summed E-state index contributed by atoms with van der Waals surface area (Å²) in [5, 5.41) is 6.57. The lowest BCUT2D eigenvalue weighted by Crippen LogP contribution is -2.36. The van der Waals surface area contributed by atoms with Crippen LogP contribution in [-0.4, -0.2) is 58.2 Å². The number of ether oxygens (including phenoxy) is 3. The van der Waals surface area contributed by atoms with Crippen molar-refractivity contribution in [3.05, 3.63) is 53.6 Å². The van der Waals surface area contributed by atoms with Gasteiger partial charge in [0.25, 0.3) is 5.91 Å². The summed E-state index contributed by atoms with van der Waals surface area (Å²) < 4.78 is 16.3. The van der Waals surface area contributed by atoms with Crippen LogP contribution in [0.1, 0.15) is 18.1 Å². The highest BCUT2D eigenvalue weighted by atomic mass is 16.5. The fourth-order valence-corrected chi connectivity index (χ4v) is 2.70. The number of rotatable bonds is 10. The second-order valence-electron chi connectivity index (χ2n) is 6.95. The van der Waals surface area contributed by atoms with E-state index in [1.54, 1.807) is 28.3 Å². The Morgan fingerprint density at radius 3 is 2.52 bits per heavy atom. The minimum Gasteiger partial charge on any atom is -0.497 e. The molecule has 0 fully saturated rings. The van der Waals surface area contributed by atoms with Crippen molar-refractivity contribution in [2.45, 2.75) is 20.0 Å². The third kappa shape index (κ3) is 7.73. The number of amides is 1. The number of likely N-dealkylation sites (N-methyl/N-ethyl adjacent to an activating group) is 1. The molecule has 8 nitrogen and oxygen atoms in total. The molecule has 0 atom stereocenters. The van der Waals surface area contributed by atoms with Crippen molar-refractivity contribution in [3.8, 4) is 17.2 Å². The van der Waals surface area contributed by atoms with Crippen LogP contribution in [0, 0.1) is 0 Å². The van der Waals surface area contributed by atoms with Crippen LogP contribution in [0.25, 0.3) is 0 Å². The number of nitrogens with one attached hydrogen (secondary N) is 2. The lowest BCUT2D eigenvalue weighted by Gasteiger charge is -2.14. The number of benzene rings is 2. The fraction of sp³-hybridized carbons (Fsp3) is 0.391. The number of methoxy groups -OCH3 is 2. The molecule has 2 aromatic rings. The number of carbonyl (C=O) groups is 1. The molecular weight excluding hydrogens is 396 g/mol. The molecule has 2 N–H and O–H groups in total. The van der Waals surface area contributed by atoms with Crippen LogP contribution < -0.4 is 24.8 Å². The normalized spacial score (nSPS) is 10.9. The van der Waals surface area contributed by atoms with E-state index >= 15 is 0 Å². The minimum absolute atomic E-state index is 0.00755. The lowest BCUT2D eigenvalue weighted by molar-refractivity contribution is -0.130. The van der Waals surface area contributed by atoms with Crippen molar-refractivity contribution in [2.24, 2.45) is 4.99 Å². The molecule has 2 rings (SSSR count). The molecule has 31 heavy (non-hydrogen) atoms. The molecule has 0 aliphatic carbocycles. The fourth-order valence-electron chi connectivity index (χ4n) is 2.70. The van der Waals surface area contributed by atoms with Gasteiger partial charge in [-0.05, 0) is 36.8 Å². The standard InChI is InChI=1S/C23H32N4O4/c1-6-24-23(26-15-18-10-11-19(29-4)13-21(18)30-5)25-14-17-8-7-9-20(12-17)31-16-22(28)27(2)3/h7-13H,6,14-16H2,1-5H3,(H2,24,25,26). The summed E-state index contributed by atoms with van der Waals surface area (Å²) in [6.45, 7) is 3.78. The van der Waals surface area contributed by atoms with Gasteiger partial charge in [-0.1, -0.05) is 12.1 Å². The van der Waals surface area contributed by atoms with Gasteiger partial charge in [-0.15, -0.1) is 0 Å². The van der Waals surface area contributed by atoms with Gasteiger partial charge in [-0.3, -0.25) is 4.79 Å². The maximum absolute atomic E-state index is 11.7. The molecule has 2 aromatic carbocycles. The molecule has 0 bridgehead atoms. The lowest BCUT2D eigenvalue weighted by atomic mass is 10.2. The van der Waals surface area contributed by atoms with E-state index in [9.17, 15) is 4.79 Å². The topological polar surface area (TPSA) is 84.4 Å². The Balaban J connectivity index is 2.01. The second-order valence-corrected chi connectivity index (χ2v) is 6.95. The zero-order valence-electron chi connectivity index (χ0n) is 18.9. The molecule has 168 valence electrons. The summed E-state index contributed by atoms with van der Waals surface area (Å²) in [5.41, 5.74) is 1.98. The van der Waals surface area contributed by atoms with Crippen LogP contribution in [0.5, 0.6) is 17.2 Å². The molecule has 0 aliphatic heterocycles. The van der Waals surface area contributed by atoms with Crippen LogP contribution in [0.3, 0.4) is 0 Å². The molecule has 0 aliphatic rings. The highest BCUT2D eigenvalue weighted by Gasteiger charge is 2.07. The summed E-state index contributed by atoms with van der Waals surface area (Å²) in [6.07, 6.45) is 0. The molecule has 0 unspecified atom stereocenters. The summed E-state index contributed by atoms with van der Waals surface area (Å²) >= 11 is 0. The summed E-state index contributed by atoms with van der Waals surface area (Å²) in [7, 11) is 6.67. The summed E-state index contributed by atoms with van der Waals surface area (Å²) in [4.78, 5) is 17.9. The maximum atomic E-state index is 11.7. The van der Waals surface area contributed by atoms with Gasteiger partial charge >= 0.3 is 0 Å². The largest absolute Gasteiger partial charge is 0.497 e. The van der Waals surface area contributed by atoms with E-state index in [4.69, 9.17) is 14.2 Å². The van der Waals surface area contributed by atoms with E-state index in [0.717, 1.165) is 29.2 Å². The Bertz CT molecular complexity index is 884. The van der Waals surface area contributed by atoms with Gasteiger partial charge in [0, 0.05) is 38.8 Å². The van der Waals surface area contributed by atoms with Crippen LogP contribution in [-0.2, 0) is 17.9 Å². The Hall–Kier alpha value is -3.42. The number of hydrogen-bond acceptors (Lipinski definition) is 5. The van der Waals surface area contributed by atoms with Crippen LogP contribution >= 0.6 is 0 Å². The SMILES string of the molecule is CCNC(=NCc1cccc(OCC(=O)N(C)C)c1)NCc1ccc(OC)cc1OC. The van der Waals surface area contributed by atoms with E-state index in [-0.39, 0.29) is 12.5 Å². The van der Waals surface area contributed by atoms with E-state index in [1.807, 2.05) is 49.4 Å².